The lowest BCUT2D eigenvalue weighted by atomic mass is 10.0. The van der Waals surface area contributed by atoms with Crippen LogP contribution in [0.4, 0.5) is 0 Å². The zero-order valence-electron chi connectivity index (χ0n) is 14.2. The number of nitrogens with zero attached hydrogens (tertiary/aromatic N) is 1. The summed E-state index contributed by atoms with van der Waals surface area (Å²) >= 11 is 0. The zero-order valence-corrected chi connectivity index (χ0v) is 14.2. The molecule has 0 amide bonds. The smallest absolute Gasteiger partial charge is 0.203 e. The summed E-state index contributed by atoms with van der Waals surface area (Å²) in [4.78, 5) is 20.0. The Bertz CT molecular complexity index is 257. The summed E-state index contributed by atoms with van der Waals surface area (Å²) in [5.41, 5.74) is 0. The minimum absolute atomic E-state index is 0.134. The average molecular weight is 312 g/mol. The summed E-state index contributed by atoms with van der Waals surface area (Å²) in [5, 5.41) is 10.2. The van der Waals surface area contributed by atoms with Crippen molar-refractivity contribution in [3.05, 3.63) is 10.1 Å². The summed E-state index contributed by atoms with van der Waals surface area (Å²) < 4.78 is 0. The minimum Gasteiger partial charge on any atom is -0.291 e. The van der Waals surface area contributed by atoms with Gasteiger partial charge in [-0.2, -0.15) is 0 Å². The van der Waals surface area contributed by atoms with Crippen molar-refractivity contribution in [1.82, 2.24) is 0 Å². The van der Waals surface area contributed by atoms with E-state index in [0.717, 1.165) is 25.7 Å². The van der Waals surface area contributed by atoms with Crippen molar-refractivity contribution < 1.29 is 9.72 Å². The molecular weight excluding hydrogens is 278 g/mol. The summed E-state index contributed by atoms with van der Waals surface area (Å²) in [7, 11) is 0. The maximum absolute atomic E-state index is 10.2. The van der Waals surface area contributed by atoms with Crippen LogP contribution in [-0.4, -0.2) is 17.8 Å². The molecule has 0 bridgehead atoms. The van der Waals surface area contributed by atoms with Crippen LogP contribution in [0.2, 0.25) is 0 Å². The molecule has 0 aromatic heterocycles. The van der Waals surface area contributed by atoms with Gasteiger partial charge in [0.1, 0.15) is 0 Å². The van der Waals surface area contributed by atoms with E-state index in [0.29, 0.717) is 6.42 Å². The standard InChI is InChI=1S/C18H34NO3/c20-18-16-14-12-10-8-6-4-2-1-3-5-7-9-11-13-15-17-19(21)22/h1-17H2. The van der Waals surface area contributed by atoms with Crippen LogP contribution in [0.25, 0.3) is 0 Å². The van der Waals surface area contributed by atoms with E-state index in [2.05, 4.69) is 0 Å². The second kappa shape index (κ2) is 18.1. The highest BCUT2D eigenvalue weighted by molar-refractivity contribution is 5.50. The molecule has 0 N–H and O–H groups in total. The third kappa shape index (κ3) is 19.1. The molecule has 0 aromatic carbocycles. The van der Waals surface area contributed by atoms with E-state index >= 15 is 0 Å². The molecule has 0 unspecified atom stereocenters. The van der Waals surface area contributed by atoms with E-state index in [1.54, 1.807) is 0 Å². The third-order valence-corrected chi connectivity index (χ3v) is 4.12. The van der Waals surface area contributed by atoms with Gasteiger partial charge in [-0.05, 0) is 12.8 Å². The van der Waals surface area contributed by atoms with Gasteiger partial charge in [0.05, 0.1) is 0 Å². The van der Waals surface area contributed by atoms with Crippen molar-refractivity contribution >= 4 is 6.29 Å². The lowest BCUT2D eigenvalue weighted by Gasteiger charge is -2.03. The van der Waals surface area contributed by atoms with E-state index in [4.69, 9.17) is 0 Å². The van der Waals surface area contributed by atoms with E-state index in [1.165, 1.54) is 70.6 Å². The second-order valence-corrected chi connectivity index (χ2v) is 6.25. The first-order valence-electron chi connectivity index (χ1n) is 9.24. The van der Waals surface area contributed by atoms with Gasteiger partial charge in [-0.15, -0.1) is 0 Å². The van der Waals surface area contributed by atoms with Gasteiger partial charge in [0.25, 0.3) is 0 Å². The number of rotatable bonds is 18. The minimum atomic E-state index is -0.218. The van der Waals surface area contributed by atoms with Gasteiger partial charge in [0.2, 0.25) is 6.54 Å². The Morgan fingerprint density at radius 2 is 0.909 bits per heavy atom. The summed E-state index contributed by atoms with van der Waals surface area (Å²) in [6.07, 6.45) is 20.8. The van der Waals surface area contributed by atoms with Gasteiger partial charge in [-0.1, -0.05) is 77.0 Å². The van der Waals surface area contributed by atoms with Crippen molar-refractivity contribution in [3.63, 3.8) is 0 Å². The largest absolute Gasteiger partial charge is 0.291 e. The van der Waals surface area contributed by atoms with E-state index in [-0.39, 0.29) is 11.5 Å². The SMILES string of the molecule is O=[C]CCCCCCCCCCCCCCCCC[N+](=O)[O-]. The summed E-state index contributed by atoms with van der Waals surface area (Å²) in [5.74, 6) is 0. The molecule has 0 saturated heterocycles. The predicted octanol–water partition coefficient (Wildman–Crippen LogP) is 5.61. The van der Waals surface area contributed by atoms with Crippen molar-refractivity contribution in [2.75, 3.05) is 6.54 Å². The Kier molecular flexibility index (Phi) is 17.4. The van der Waals surface area contributed by atoms with Gasteiger partial charge < -0.3 is 0 Å². The van der Waals surface area contributed by atoms with Crippen LogP contribution >= 0.6 is 0 Å². The average Bonchev–Trinajstić information content (AvgIpc) is 2.50. The Labute approximate surface area is 136 Å². The highest BCUT2D eigenvalue weighted by Crippen LogP contribution is 2.13. The van der Waals surface area contributed by atoms with Crippen LogP contribution < -0.4 is 0 Å². The molecular formula is C18H34NO3. The van der Waals surface area contributed by atoms with E-state index in [9.17, 15) is 14.9 Å². The fourth-order valence-corrected chi connectivity index (χ4v) is 2.74. The Hall–Kier alpha value is -0.930. The van der Waals surface area contributed by atoms with Crippen LogP contribution in [0.15, 0.2) is 0 Å². The lowest BCUT2D eigenvalue weighted by molar-refractivity contribution is -0.480. The highest BCUT2D eigenvalue weighted by Gasteiger charge is 1.97. The van der Waals surface area contributed by atoms with Crippen LogP contribution in [0.5, 0.6) is 0 Å². The number of unbranched alkanes of at least 4 members (excludes halogenated alkanes) is 15. The molecule has 0 fully saturated rings. The molecule has 0 heterocycles. The molecule has 129 valence electrons. The van der Waals surface area contributed by atoms with Crippen molar-refractivity contribution in [1.29, 1.82) is 0 Å². The number of nitro groups is 1. The number of carbonyl (C=O) groups excluding carboxylic acids is 1. The first-order valence-corrected chi connectivity index (χ1v) is 9.24. The van der Waals surface area contributed by atoms with Crippen LogP contribution in [-0.2, 0) is 4.79 Å². The third-order valence-electron chi connectivity index (χ3n) is 4.12. The molecule has 22 heavy (non-hydrogen) atoms. The molecule has 0 atom stereocenters. The van der Waals surface area contributed by atoms with E-state index in [1.807, 2.05) is 6.29 Å². The lowest BCUT2D eigenvalue weighted by Crippen LogP contribution is -1.99. The van der Waals surface area contributed by atoms with Gasteiger partial charge in [0, 0.05) is 17.8 Å². The van der Waals surface area contributed by atoms with E-state index < -0.39 is 0 Å². The van der Waals surface area contributed by atoms with Gasteiger partial charge in [-0.25, -0.2) is 0 Å². The van der Waals surface area contributed by atoms with Gasteiger partial charge in [-0.3, -0.25) is 14.9 Å². The molecule has 0 aliphatic heterocycles. The highest BCUT2D eigenvalue weighted by atomic mass is 16.6. The fraction of sp³-hybridized carbons (Fsp3) is 0.944. The topological polar surface area (TPSA) is 60.2 Å². The second-order valence-electron chi connectivity index (χ2n) is 6.25. The molecule has 1 radical (unpaired) electrons. The van der Waals surface area contributed by atoms with Gasteiger partial charge in [0.15, 0.2) is 6.29 Å². The predicted molar refractivity (Wildman–Crippen MR) is 91.4 cm³/mol. The molecule has 0 aliphatic rings. The molecule has 0 aromatic rings. The maximum Gasteiger partial charge on any atom is 0.203 e. The van der Waals surface area contributed by atoms with Crippen molar-refractivity contribution in [2.24, 2.45) is 0 Å². The number of hydrogen-bond donors (Lipinski definition) is 0. The molecule has 4 nitrogen and oxygen atoms in total. The van der Waals surface area contributed by atoms with Crippen LogP contribution in [0.3, 0.4) is 0 Å². The monoisotopic (exact) mass is 312 g/mol. The fourth-order valence-electron chi connectivity index (χ4n) is 2.74. The molecule has 0 spiro atoms. The first kappa shape index (κ1) is 21.1. The molecule has 0 saturated carbocycles. The van der Waals surface area contributed by atoms with Crippen LogP contribution in [0, 0.1) is 10.1 Å². The maximum atomic E-state index is 10.2. The Morgan fingerprint density at radius 3 is 1.23 bits per heavy atom. The number of hydrogen-bond acceptors (Lipinski definition) is 3. The molecule has 0 rings (SSSR count). The van der Waals surface area contributed by atoms with Gasteiger partial charge >= 0.3 is 0 Å². The summed E-state index contributed by atoms with van der Waals surface area (Å²) in [6, 6.07) is 0. The normalized spacial score (nSPS) is 10.7. The first-order chi connectivity index (χ1) is 10.8. The van der Waals surface area contributed by atoms with Crippen LogP contribution in [0.1, 0.15) is 103 Å². The summed E-state index contributed by atoms with van der Waals surface area (Å²) in [6.45, 7) is 0.134. The Balaban J connectivity index is 2.97. The molecule has 4 heteroatoms. The van der Waals surface area contributed by atoms with Crippen molar-refractivity contribution in [2.45, 2.75) is 103 Å². The molecule has 0 aliphatic carbocycles. The zero-order chi connectivity index (χ0) is 16.3. The quantitative estimate of drug-likeness (QED) is 0.188. The Morgan fingerprint density at radius 1 is 0.591 bits per heavy atom. The van der Waals surface area contributed by atoms with Crippen molar-refractivity contribution in [3.8, 4) is 0 Å².